The summed E-state index contributed by atoms with van der Waals surface area (Å²) in [5.41, 5.74) is 0.314. The van der Waals surface area contributed by atoms with Crippen molar-refractivity contribution in [3.8, 4) is 0 Å². The fraction of sp³-hybridized carbons (Fsp3) is 0.214. The Morgan fingerprint density at radius 2 is 1.71 bits per heavy atom. The highest BCUT2D eigenvalue weighted by Gasteiger charge is 2.10. The molecule has 21 heavy (non-hydrogen) atoms. The third-order valence-electron chi connectivity index (χ3n) is 2.74. The topological polar surface area (TPSA) is 37.0 Å². The lowest BCUT2D eigenvalue weighted by Crippen LogP contribution is -2.07. The molecule has 1 aromatic heterocycles. The van der Waals surface area contributed by atoms with E-state index < -0.39 is 11.6 Å². The highest BCUT2D eigenvalue weighted by Crippen LogP contribution is 2.29. The first-order chi connectivity index (χ1) is 10.0. The molecular formula is C14H13Cl2F2N3. The Balaban J connectivity index is 2.17. The van der Waals surface area contributed by atoms with Crippen molar-refractivity contribution in [2.24, 2.45) is 0 Å². The monoisotopic (exact) mass is 331 g/mol. The summed E-state index contributed by atoms with van der Waals surface area (Å²) in [6, 6.07) is 4.95. The van der Waals surface area contributed by atoms with Gasteiger partial charge in [0, 0.05) is 24.7 Å². The molecule has 0 radical (unpaired) electrons. The molecule has 0 bridgehead atoms. The molecule has 2 aromatic rings. The van der Waals surface area contributed by atoms with Crippen molar-refractivity contribution in [1.29, 1.82) is 0 Å². The van der Waals surface area contributed by atoms with E-state index in [2.05, 4.69) is 15.6 Å². The number of benzene rings is 1. The van der Waals surface area contributed by atoms with Gasteiger partial charge < -0.3 is 10.6 Å². The number of aromatic nitrogens is 1. The smallest absolute Gasteiger partial charge is 0.147 e. The van der Waals surface area contributed by atoms with Gasteiger partial charge in [-0.2, -0.15) is 0 Å². The number of hydrogen-bond donors (Lipinski definition) is 2. The molecule has 0 amide bonds. The Hall–Kier alpha value is -1.59. The van der Waals surface area contributed by atoms with E-state index in [4.69, 9.17) is 23.2 Å². The minimum absolute atomic E-state index is 0.131. The Morgan fingerprint density at radius 3 is 2.33 bits per heavy atom. The lowest BCUT2D eigenvalue weighted by Gasteiger charge is -2.12. The standard InChI is InChI=1S/C14H13Cl2F2N3/c1-2-19-13-10(15)6-11(16)14(21-13)20-7-8-3-4-9(17)5-12(8)18/h3-6H,2,7H2,1H3,(H2,19,20,21). The molecule has 0 aliphatic heterocycles. The van der Waals surface area contributed by atoms with Crippen molar-refractivity contribution < 1.29 is 8.78 Å². The van der Waals surface area contributed by atoms with Gasteiger partial charge in [0.1, 0.15) is 23.3 Å². The summed E-state index contributed by atoms with van der Waals surface area (Å²) in [6.07, 6.45) is 0. The van der Waals surface area contributed by atoms with Gasteiger partial charge in [0.25, 0.3) is 0 Å². The summed E-state index contributed by atoms with van der Waals surface area (Å²) in [7, 11) is 0. The molecule has 1 aromatic carbocycles. The van der Waals surface area contributed by atoms with E-state index in [1.165, 1.54) is 12.1 Å². The van der Waals surface area contributed by atoms with E-state index in [1.807, 2.05) is 6.92 Å². The average Bonchev–Trinajstić information content (AvgIpc) is 2.42. The predicted octanol–water partition coefficient (Wildman–Crippen LogP) is 4.71. The molecule has 0 aliphatic rings. The summed E-state index contributed by atoms with van der Waals surface area (Å²) in [4.78, 5) is 4.24. The van der Waals surface area contributed by atoms with Gasteiger partial charge in [0.05, 0.1) is 10.0 Å². The zero-order valence-corrected chi connectivity index (χ0v) is 12.7. The summed E-state index contributed by atoms with van der Waals surface area (Å²) < 4.78 is 26.4. The van der Waals surface area contributed by atoms with Crippen LogP contribution in [0.1, 0.15) is 12.5 Å². The van der Waals surface area contributed by atoms with Gasteiger partial charge in [-0.3, -0.25) is 0 Å². The normalized spacial score (nSPS) is 10.5. The lowest BCUT2D eigenvalue weighted by molar-refractivity contribution is 0.574. The molecule has 0 saturated heterocycles. The van der Waals surface area contributed by atoms with Crippen molar-refractivity contribution in [1.82, 2.24) is 4.98 Å². The van der Waals surface area contributed by atoms with Crippen LogP contribution < -0.4 is 10.6 Å². The zero-order chi connectivity index (χ0) is 15.4. The van der Waals surface area contributed by atoms with E-state index in [-0.39, 0.29) is 6.54 Å². The van der Waals surface area contributed by atoms with Gasteiger partial charge in [0.2, 0.25) is 0 Å². The first-order valence-electron chi connectivity index (χ1n) is 6.29. The quantitative estimate of drug-likeness (QED) is 0.833. The lowest BCUT2D eigenvalue weighted by atomic mass is 10.2. The van der Waals surface area contributed by atoms with Crippen LogP contribution in [0.2, 0.25) is 10.0 Å². The maximum absolute atomic E-state index is 13.6. The molecule has 0 atom stereocenters. The minimum Gasteiger partial charge on any atom is -0.369 e. The van der Waals surface area contributed by atoms with Crippen LogP contribution in [0.5, 0.6) is 0 Å². The highest BCUT2D eigenvalue weighted by atomic mass is 35.5. The number of halogens is 4. The summed E-state index contributed by atoms with van der Waals surface area (Å²) in [6.45, 7) is 2.69. The number of anilines is 2. The first kappa shape index (κ1) is 15.8. The molecule has 0 saturated carbocycles. The van der Waals surface area contributed by atoms with Crippen LogP contribution in [0.4, 0.5) is 20.4 Å². The van der Waals surface area contributed by atoms with Gasteiger partial charge >= 0.3 is 0 Å². The number of nitrogens with zero attached hydrogens (tertiary/aromatic N) is 1. The Kier molecular flexibility index (Phi) is 5.20. The predicted molar refractivity (Wildman–Crippen MR) is 82.1 cm³/mol. The summed E-state index contributed by atoms with van der Waals surface area (Å²) >= 11 is 12.0. The molecule has 112 valence electrons. The maximum atomic E-state index is 13.6. The van der Waals surface area contributed by atoms with Crippen LogP contribution in [0, 0.1) is 11.6 Å². The van der Waals surface area contributed by atoms with Gasteiger partial charge in [-0.15, -0.1) is 0 Å². The van der Waals surface area contributed by atoms with Crippen molar-refractivity contribution in [3.05, 3.63) is 51.5 Å². The molecule has 0 fully saturated rings. The minimum atomic E-state index is -0.625. The van der Waals surface area contributed by atoms with Crippen LogP contribution in [0.3, 0.4) is 0 Å². The number of pyridine rings is 1. The first-order valence-corrected chi connectivity index (χ1v) is 7.04. The van der Waals surface area contributed by atoms with Gasteiger partial charge in [0.15, 0.2) is 0 Å². The molecule has 1 heterocycles. The number of hydrogen-bond acceptors (Lipinski definition) is 3. The van der Waals surface area contributed by atoms with Gasteiger partial charge in [-0.05, 0) is 19.1 Å². The largest absolute Gasteiger partial charge is 0.369 e. The van der Waals surface area contributed by atoms with E-state index in [9.17, 15) is 8.78 Å². The van der Waals surface area contributed by atoms with E-state index in [1.54, 1.807) is 6.07 Å². The second-order valence-corrected chi connectivity index (χ2v) is 5.08. The fourth-order valence-corrected chi connectivity index (χ4v) is 2.22. The Morgan fingerprint density at radius 1 is 1.05 bits per heavy atom. The molecule has 2 rings (SSSR count). The molecule has 0 unspecified atom stereocenters. The van der Waals surface area contributed by atoms with Crippen LogP contribution in [0.15, 0.2) is 24.3 Å². The highest BCUT2D eigenvalue weighted by molar-refractivity contribution is 6.37. The third kappa shape index (κ3) is 3.95. The van der Waals surface area contributed by atoms with Crippen LogP contribution in [0.25, 0.3) is 0 Å². The summed E-state index contributed by atoms with van der Waals surface area (Å²) in [5, 5.41) is 6.63. The SMILES string of the molecule is CCNc1nc(NCc2ccc(F)cc2F)c(Cl)cc1Cl. The zero-order valence-electron chi connectivity index (χ0n) is 11.2. The number of nitrogens with one attached hydrogen (secondary N) is 2. The molecule has 3 nitrogen and oxygen atoms in total. The van der Waals surface area contributed by atoms with Gasteiger partial charge in [-0.1, -0.05) is 29.3 Å². The molecular weight excluding hydrogens is 319 g/mol. The summed E-state index contributed by atoms with van der Waals surface area (Å²) in [5.74, 6) is -0.376. The van der Waals surface area contributed by atoms with Crippen molar-refractivity contribution >= 4 is 34.8 Å². The fourth-order valence-electron chi connectivity index (χ4n) is 1.73. The van der Waals surface area contributed by atoms with Crippen LogP contribution in [-0.2, 0) is 6.54 Å². The van der Waals surface area contributed by atoms with Crippen molar-refractivity contribution in [2.45, 2.75) is 13.5 Å². The number of rotatable bonds is 5. The van der Waals surface area contributed by atoms with Crippen LogP contribution >= 0.6 is 23.2 Å². The second kappa shape index (κ2) is 6.91. The third-order valence-corrected chi connectivity index (χ3v) is 3.31. The molecule has 0 aliphatic carbocycles. The maximum Gasteiger partial charge on any atom is 0.147 e. The molecule has 7 heteroatoms. The molecule has 2 N–H and O–H groups in total. The van der Waals surface area contributed by atoms with E-state index in [0.29, 0.717) is 33.8 Å². The van der Waals surface area contributed by atoms with Crippen LogP contribution in [-0.4, -0.2) is 11.5 Å². The Labute approximate surface area is 131 Å². The van der Waals surface area contributed by atoms with E-state index >= 15 is 0 Å². The average molecular weight is 332 g/mol. The second-order valence-electron chi connectivity index (χ2n) is 4.27. The Bertz CT molecular complexity index is 650. The van der Waals surface area contributed by atoms with Crippen molar-refractivity contribution in [3.63, 3.8) is 0 Å². The van der Waals surface area contributed by atoms with Crippen molar-refractivity contribution in [2.75, 3.05) is 17.2 Å². The molecule has 0 spiro atoms. The van der Waals surface area contributed by atoms with Gasteiger partial charge in [-0.25, -0.2) is 13.8 Å². The van der Waals surface area contributed by atoms with E-state index in [0.717, 1.165) is 6.07 Å².